The van der Waals surface area contributed by atoms with Gasteiger partial charge in [0.1, 0.15) is 63.8 Å². The van der Waals surface area contributed by atoms with Gasteiger partial charge in [-0.3, -0.25) is 23.2 Å². The van der Waals surface area contributed by atoms with Crippen LogP contribution in [0.4, 0.5) is 57.1 Å². The van der Waals surface area contributed by atoms with Crippen molar-refractivity contribution in [1.82, 2.24) is 39.3 Å². The Morgan fingerprint density at radius 1 is 0.644 bits per heavy atom. The van der Waals surface area contributed by atoms with Gasteiger partial charge in [0, 0.05) is 107 Å². The zero-order valence-corrected chi connectivity index (χ0v) is 56.7. The Labute approximate surface area is 573 Å². The molecule has 4 N–H and O–H groups in total. The smallest absolute Gasteiger partial charge is 0.293 e. The van der Waals surface area contributed by atoms with Crippen LogP contribution < -0.4 is 5.73 Å². The number of pyridine rings is 2. The minimum absolute atomic E-state index is 0.00282. The van der Waals surface area contributed by atoms with Gasteiger partial charge < -0.3 is 15.9 Å². The topological polar surface area (TPSA) is 231 Å². The van der Waals surface area contributed by atoms with Crippen molar-refractivity contribution in [2.24, 2.45) is 25.7 Å². The van der Waals surface area contributed by atoms with Crippen LogP contribution in [0.2, 0.25) is 0 Å². The van der Waals surface area contributed by atoms with Crippen molar-refractivity contribution < 1.29 is 90.3 Å². The molecule has 11 rings (SSSR count). The molecular weight excluding hydrogens is 1390 g/mol. The summed E-state index contributed by atoms with van der Waals surface area (Å²) < 4.78 is 241. The molecule has 31 heteroatoms. The second-order valence-corrected chi connectivity index (χ2v) is 30.1. The summed E-state index contributed by atoms with van der Waals surface area (Å²) in [5.41, 5.74) is 3.10. The van der Waals surface area contributed by atoms with Crippen molar-refractivity contribution in [2.75, 3.05) is 19.7 Å². The van der Waals surface area contributed by atoms with Crippen LogP contribution in [0.25, 0.3) is 44.1 Å². The molecule has 0 amide bonds. The maximum absolute atomic E-state index is 15.4. The van der Waals surface area contributed by atoms with Crippen molar-refractivity contribution in [2.45, 2.75) is 126 Å². The fourth-order valence-corrected chi connectivity index (χ4v) is 14.0. The van der Waals surface area contributed by atoms with Gasteiger partial charge in [-0.2, -0.15) is 24.1 Å². The number of Topliss-reactive ketones (excluding diaryl/α,β-unsaturated/α-hetero) is 1. The molecule has 536 valence electrons. The van der Waals surface area contributed by atoms with Crippen molar-refractivity contribution >= 4 is 47.3 Å². The molecule has 0 unspecified atom stereocenters. The molecule has 1 fully saturated rings. The lowest BCUT2D eigenvalue weighted by Crippen LogP contribution is -2.24. The van der Waals surface area contributed by atoms with Crippen LogP contribution in [0.3, 0.4) is 0 Å². The van der Waals surface area contributed by atoms with Gasteiger partial charge in [0.05, 0.1) is 59.9 Å². The van der Waals surface area contributed by atoms with Crippen LogP contribution in [-0.4, -0.2) is 103 Å². The van der Waals surface area contributed by atoms with Gasteiger partial charge in [-0.05, 0) is 124 Å². The van der Waals surface area contributed by atoms with Crippen molar-refractivity contribution in [3.63, 3.8) is 0 Å². The van der Waals surface area contributed by atoms with Gasteiger partial charge in [-0.15, -0.1) is 0 Å². The van der Waals surface area contributed by atoms with E-state index < -0.39 is 157 Å². The number of aryl methyl sites for hydroxylation is 2. The molecule has 2 aliphatic carbocycles. The van der Waals surface area contributed by atoms with Gasteiger partial charge in [0.15, 0.2) is 25.5 Å². The molecule has 0 spiro atoms. The average molecular weight is 1460 g/mol. The van der Waals surface area contributed by atoms with Gasteiger partial charge in [-0.25, -0.2) is 70.7 Å². The zero-order valence-electron chi connectivity index (χ0n) is 56.1. The first-order valence-corrected chi connectivity index (χ1v) is 34.8. The Morgan fingerprint density at radius 2 is 1.06 bits per heavy atom. The predicted molar refractivity (Wildman–Crippen MR) is 350 cm³/mol. The number of nitrogens with zero attached hydrogens (tertiary/aromatic N) is 8. The Balaban J connectivity index is 0.000000242. The number of nitrogens with two attached hydrogens (primary N) is 1. The molecule has 16 nitrogen and oxygen atoms in total. The lowest BCUT2D eigenvalue weighted by molar-refractivity contribution is -0.120. The van der Waals surface area contributed by atoms with Crippen LogP contribution in [0.5, 0.6) is 0 Å². The van der Waals surface area contributed by atoms with E-state index in [0.29, 0.717) is 21.9 Å². The third kappa shape index (κ3) is 17.5. The Kier molecular flexibility index (Phi) is 21.6. The fourth-order valence-electron chi connectivity index (χ4n) is 12.6. The number of aromatic nitrogens is 8. The minimum Gasteiger partial charge on any atom is -0.378 e. The average Bonchev–Trinajstić information content (AvgIpc) is 1.52. The van der Waals surface area contributed by atoms with Crippen LogP contribution in [-0.2, 0) is 75.4 Å². The number of halogens is 13. The minimum atomic E-state index is -3.78. The summed E-state index contributed by atoms with van der Waals surface area (Å²) in [4.78, 5) is 23.3. The lowest BCUT2D eigenvalue weighted by atomic mass is 9.85. The van der Waals surface area contributed by atoms with E-state index >= 15 is 8.78 Å². The molecule has 1 saturated carbocycles. The molecule has 4 aromatic carbocycles. The quantitative estimate of drug-likeness (QED) is 0.0506. The molecule has 0 bridgehead atoms. The number of aliphatic hydroxyl groups is 2. The normalized spacial score (nSPS) is 15.6. The van der Waals surface area contributed by atoms with Gasteiger partial charge in [-0.1, -0.05) is 36.1 Å². The Bertz CT molecular complexity index is 5070. The summed E-state index contributed by atoms with van der Waals surface area (Å²) in [5.74, 6) is -1.40. The van der Waals surface area contributed by atoms with E-state index in [2.05, 4.69) is 44.0 Å². The van der Waals surface area contributed by atoms with Gasteiger partial charge in [0.25, 0.3) is 25.2 Å². The molecule has 5 aromatic heterocycles. The van der Waals surface area contributed by atoms with Crippen LogP contribution in [0.15, 0.2) is 84.9 Å². The highest BCUT2D eigenvalue weighted by molar-refractivity contribution is 7.90. The maximum atomic E-state index is 15.4. The van der Waals surface area contributed by atoms with Crippen molar-refractivity contribution in [3.8, 4) is 45.9 Å². The third-order valence-electron chi connectivity index (χ3n) is 16.4. The number of fused-ring (bicyclic) bond motifs is 5. The van der Waals surface area contributed by atoms with E-state index in [-0.39, 0.29) is 109 Å². The summed E-state index contributed by atoms with van der Waals surface area (Å²) in [6.45, 7) is 4.95. The number of benzene rings is 4. The van der Waals surface area contributed by atoms with Crippen molar-refractivity contribution in [3.05, 3.63) is 182 Å². The van der Waals surface area contributed by atoms with E-state index in [1.165, 1.54) is 81.5 Å². The number of alkyl halides is 9. The zero-order chi connectivity index (χ0) is 75.2. The van der Waals surface area contributed by atoms with Gasteiger partial charge in [0.2, 0.25) is 0 Å². The highest BCUT2D eigenvalue weighted by Crippen LogP contribution is 2.68. The highest BCUT2D eigenvalue weighted by atomic mass is 32.2. The Hall–Kier alpha value is -9.01. The standard InChI is InChI=1S/C40H35F8N5O4S.C29H28F4N4O3S.CH3F/c1-39(2,55)10-9-23-5-6-25(26-7-8-27(37(43)44)31-30(18-58(4,56)57)50-52(3)35(26)31)33(49-23)20(11-19-12-21(41)15-22(42)13-19)14-24(54)17-53-36-32(34(51-53)38(45)46)28-16-29(28)40(36,47)48;1-29(2,38)10-9-19-5-6-20(26(35-19)23(34)13-16-11-17(30)14-18(31)12-16)21-7-8-22(28(32)33)25-24(15-41(4,39)40)36-37(3)27(21)25;1-2/h5-8,12-13,15,20,28-29,37-38,55H,11,14,16-18H2,1-4H3;5-8,11-12,14,23,28,38H,13,15,34H2,1-4H3;1H3/t20-,28+,29-;23-;/m10./s1/i;;1D. The van der Waals surface area contributed by atoms with E-state index in [4.69, 9.17) is 12.1 Å². The fraction of sp³-hybridized carbons (Fsp3) is 0.371. The molecular formula is C70H66F13N9O7S2. The first kappa shape index (κ1) is 74.7. The van der Waals surface area contributed by atoms with Crippen LogP contribution in [0.1, 0.15) is 152 Å². The van der Waals surface area contributed by atoms with E-state index in [0.717, 1.165) is 48.9 Å². The number of hydrogen-bond donors (Lipinski definition) is 3. The SMILES string of the molecule is Cn1nc(CS(C)(=O)=O)c2c(C(F)F)ccc(-c3ccc(C#CC(C)(C)O)nc3[C@@H](CC(=O)Cn3nc(C(F)F)c4c3C(F)(F)[C@@H]3C[C@H]43)Cc3cc(F)cc(F)c3)c21.Cn1nc(CS(C)(=O)=O)c2c(C(F)F)ccc(-c3ccc(C#CC(C)(C)O)nc3[C@@H](N)Cc3cc(F)cc(F)c3)c21.[2H]CF. The highest BCUT2D eigenvalue weighted by Gasteiger charge is 2.67. The Morgan fingerprint density at radius 3 is 1.48 bits per heavy atom. The second kappa shape index (κ2) is 29.2. The van der Waals surface area contributed by atoms with Gasteiger partial charge >= 0.3 is 0 Å². The van der Waals surface area contributed by atoms with Crippen LogP contribution >= 0.6 is 0 Å². The molecule has 0 radical (unpaired) electrons. The third-order valence-corrected chi connectivity index (χ3v) is 18.0. The first-order chi connectivity index (χ1) is 47.5. The van der Waals surface area contributed by atoms with E-state index in [1.54, 1.807) is 12.1 Å². The number of ketones is 1. The molecule has 4 atom stereocenters. The molecule has 0 aliphatic heterocycles. The summed E-state index contributed by atoms with van der Waals surface area (Å²) in [5, 5.41) is 32.5. The number of rotatable bonds is 19. The monoisotopic (exact) mass is 1460 g/mol. The molecule has 5 heterocycles. The lowest BCUT2D eigenvalue weighted by Gasteiger charge is -2.22. The van der Waals surface area contributed by atoms with Crippen LogP contribution in [0, 0.1) is 52.9 Å². The number of carbonyl (C=O) groups is 1. The first-order valence-electron chi connectivity index (χ1n) is 31.4. The molecule has 0 saturated heterocycles. The second-order valence-electron chi connectivity index (χ2n) is 25.8. The number of sulfone groups is 2. The van der Waals surface area contributed by atoms with Crippen molar-refractivity contribution in [1.29, 1.82) is 0 Å². The molecule has 2 aliphatic rings. The molecule has 101 heavy (non-hydrogen) atoms. The summed E-state index contributed by atoms with van der Waals surface area (Å²) in [6, 6.07) is 15.9. The predicted octanol–water partition coefficient (Wildman–Crippen LogP) is 13.2. The summed E-state index contributed by atoms with van der Waals surface area (Å²) >= 11 is 0. The van der Waals surface area contributed by atoms with E-state index in [1.807, 2.05) is 0 Å². The summed E-state index contributed by atoms with van der Waals surface area (Å²) in [7, 11) is -5.47. The van der Waals surface area contributed by atoms with E-state index in [9.17, 15) is 80.1 Å². The maximum Gasteiger partial charge on any atom is 0.293 e. The molecule has 9 aromatic rings. The number of carbonyl (C=O) groups excluding carboxylic acids is 1. The number of hydrogen-bond acceptors (Lipinski definition) is 13. The largest absolute Gasteiger partial charge is 0.378 e. The summed E-state index contributed by atoms with van der Waals surface area (Å²) in [6.07, 6.45) is -8.16.